The molecule has 196 valence electrons. The van der Waals surface area contributed by atoms with Crippen LogP contribution in [0.15, 0.2) is 23.5 Å². The Labute approximate surface area is 206 Å². The number of carbonyl (C=O) groups excluding carboxylic acids is 2. The first-order chi connectivity index (χ1) is 16.3. The Morgan fingerprint density at radius 3 is 2.47 bits per heavy atom. The van der Waals surface area contributed by atoms with Crippen molar-refractivity contribution in [2.45, 2.75) is 123 Å². The maximum Gasteiger partial charge on any atom is 0.307 e. The molecule has 0 heterocycles. The molecule has 0 unspecified atom stereocenters. The van der Waals surface area contributed by atoms with E-state index in [1.54, 1.807) is 6.08 Å². The second kappa shape index (κ2) is 17.7. The highest BCUT2D eigenvalue weighted by Crippen LogP contribution is 2.37. The van der Waals surface area contributed by atoms with E-state index < -0.39 is 12.2 Å². The SMILES string of the molecule is CCCCOC(=O)CCCCCCC1=C(OC(C)=O)C[C@@H](O)[C@@H]1/C=C/[C@@H](O)C[C@@H](C)CCCC. The summed E-state index contributed by atoms with van der Waals surface area (Å²) in [5, 5.41) is 21.1. The van der Waals surface area contributed by atoms with E-state index in [1.807, 2.05) is 6.08 Å². The lowest BCUT2D eigenvalue weighted by Gasteiger charge is -2.17. The van der Waals surface area contributed by atoms with Gasteiger partial charge in [0.15, 0.2) is 0 Å². The Hall–Kier alpha value is -1.66. The number of aliphatic hydroxyl groups is 2. The van der Waals surface area contributed by atoms with Gasteiger partial charge in [-0.2, -0.15) is 0 Å². The summed E-state index contributed by atoms with van der Waals surface area (Å²) in [6, 6.07) is 0. The van der Waals surface area contributed by atoms with Crippen molar-refractivity contribution in [3.63, 3.8) is 0 Å². The predicted octanol–water partition coefficient (Wildman–Crippen LogP) is 6.00. The summed E-state index contributed by atoms with van der Waals surface area (Å²) in [6.45, 7) is 8.28. The van der Waals surface area contributed by atoms with Gasteiger partial charge in [-0.3, -0.25) is 9.59 Å². The molecule has 0 aliphatic heterocycles. The number of unbranched alkanes of at least 4 members (excludes halogenated alkanes) is 5. The molecule has 6 nitrogen and oxygen atoms in total. The Balaban J connectivity index is 2.57. The second-order valence-electron chi connectivity index (χ2n) is 9.76. The number of hydrogen-bond donors (Lipinski definition) is 2. The number of ether oxygens (including phenoxy) is 2. The van der Waals surface area contributed by atoms with E-state index in [0.717, 1.165) is 69.8 Å². The molecule has 0 bridgehead atoms. The lowest BCUT2D eigenvalue weighted by molar-refractivity contribution is -0.144. The minimum Gasteiger partial charge on any atom is -0.466 e. The van der Waals surface area contributed by atoms with Crippen molar-refractivity contribution in [2.75, 3.05) is 6.61 Å². The van der Waals surface area contributed by atoms with Crippen LogP contribution in [-0.4, -0.2) is 41.0 Å². The van der Waals surface area contributed by atoms with Crippen LogP contribution in [0.1, 0.15) is 111 Å². The summed E-state index contributed by atoms with van der Waals surface area (Å²) in [6.07, 6.45) is 13.6. The zero-order valence-electron chi connectivity index (χ0n) is 21.9. The van der Waals surface area contributed by atoms with E-state index in [4.69, 9.17) is 9.47 Å². The Kier molecular flexibility index (Phi) is 15.8. The van der Waals surface area contributed by atoms with E-state index in [1.165, 1.54) is 6.92 Å². The first kappa shape index (κ1) is 30.4. The van der Waals surface area contributed by atoms with Crippen LogP contribution in [0, 0.1) is 11.8 Å². The van der Waals surface area contributed by atoms with Gasteiger partial charge < -0.3 is 19.7 Å². The van der Waals surface area contributed by atoms with E-state index in [9.17, 15) is 19.8 Å². The molecule has 0 amide bonds. The van der Waals surface area contributed by atoms with Gasteiger partial charge in [-0.25, -0.2) is 0 Å². The fourth-order valence-corrected chi connectivity index (χ4v) is 4.45. The average Bonchev–Trinajstić information content (AvgIpc) is 3.06. The van der Waals surface area contributed by atoms with Gasteiger partial charge in [0.05, 0.1) is 18.8 Å². The number of aliphatic hydroxyl groups excluding tert-OH is 2. The minimum absolute atomic E-state index is 0.125. The van der Waals surface area contributed by atoms with Crippen LogP contribution in [-0.2, 0) is 19.1 Å². The Morgan fingerprint density at radius 2 is 1.79 bits per heavy atom. The van der Waals surface area contributed by atoms with Gasteiger partial charge >= 0.3 is 11.9 Å². The van der Waals surface area contributed by atoms with Crippen molar-refractivity contribution in [3.05, 3.63) is 23.5 Å². The largest absolute Gasteiger partial charge is 0.466 e. The Bertz CT molecular complexity index is 653. The van der Waals surface area contributed by atoms with Crippen LogP contribution < -0.4 is 0 Å². The third-order valence-corrected chi connectivity index (χ3v) is 6.41. The van der Waals surface area contributed by atoms with Gasteiger partial charge in [-0.15, -0.1) is 0 Å². The van der Waals surface area contributed by atoms with Crippen LogP contribution in [0.3, 0.4) is 0 Å². The number of esters is 2. The molecule has 0 aromatic heterocycles. The first-order valence-corrected chi connectivity index (χ1v) is 13.4. The maximum atomic E-state index is 11.7. The molecule has 1 rings (SSSR count). The van der Waals surface area contributed by atoms with E-state index in [-0.39, 0.29) is 17.9 Å². The molecule has 0 saturated carbocycles. The zero-order valence-corrected chi connectivity index (χ0v) is 21.9. The number of rotatable bonds is 18. The van der Waals surface area contributed by atoms with Crippen molar-refractivity contribution < 1.29 is 29.3 Å². The molecule has 0 radical (unpaired) electrons. The van der Waals surface area contributed by atoms with Crippen molar-refractivity contribution in [2.24, 2.45) is 11.8 Å². The van der Waals surface area contributed by atoms with Crippen LogP contribution in [0.5, 0.6) is 0 Å². The zero-order chi connectivity index (χ0) is 25.3. The maximum absolute atomic E-state index is 11.7. The molecule has 0 aromatic rings. The highest BCUT2D eigenvalue weighted by atomic mass is 16.5. The molecular formula is C28H48O6. The summed E-state index contributed by atoms with van der Waals surface area (Å²) in [4.78, 5) is 23.3. The van der Waals surface area contributed by atoms with Crippen molar-refractivity contribution in [1.82, 2.24) is 0 Å². The standard InChI is InChI=1S/C28H48O6/c1-5-7-13-21(3)19-23(30)16-17-24-25(27(20-26(24)31)34-22(4)29)14-11-9-10-12-15-28(32)33-18-8-6-2/h16-17,21,23-24,26,30-31H,5-15,18-20H2,1-4H3/b17-16+/t21-,23+,24+,26+/m0/s1. The second-order valence-corrected chi connectivity index (χ2v) is 9.76. The molecular weight excluding hydrogens is 432 g/mol. The molecule has 2 N–H and O–H groups in total. The lowest BCUT2D eigenvalue weighted by atomic mass is 9.92. The fourth-order valence-electron chi connectivity index (χ4n) is 4.45. The Morgan fingerprint density at radius 1 is 1.09 bits per heavy atom. The molecule has 6 heteroatoms. The summed E-state index contributed by atoms with van der Waals surface area (Å²) in [7, 11) is 0. The van der Waals surface area contributed by atoms with Gasteiger partial charge in [0.2, 0.25) is 0 Å². The summed E-state index contributed by atoms with van der Waals surface area (Å²) >= 11 is 0. The van der Waals surface area contributed by atoms with Crippen LogP contribution >= 0.6 is 0 Å². The summed E-state index contributed by atoms with van der Waals surface area (Å²) in [5.41, 5.74) is 0.948. The molecule has 0 spiro atoms. The van der Waals surface area contributed by atoms with Crippen molar-refractivity contribution in [3.8, 4) is 0 Å². The molecule has 4 atom stereocenters. The first-order valence-electron chi connectivity index (χ1n) is 13.4. The third-order valence-electron chi connectivity index (χ3n) is 6.41. The quantitative estimate of drug-likeness (QED) is 0.142. The van der Waals surface area contributed by atoms with E-state index >= 15 is 0 Å². The molecule has 1 aliphatic carbocycles. The highest BCUT2D eigenvalue weighted by molar-refractivity contribution is 5.69. The normalized spacial score (nSPS) is 20.1. The molecule has 34 heavy (non-hydrogen) atoms. The van der Waals surface area contributed by atoms with Gasteiger partial charge in [0, 0.05) is 25.7 Å². The van der Waals surface area contributed by atoms with Crippen LogP contribution in [0.4, 0.5) is 0 Å². The van der Waals surface area contributed by atoms with Crippen LogP contribution in [0.2, 0.25) is 0 Å². The molecule has 0 saturated heterocycles. The van der Waals surface area contributed by atoms with Crippen molar-refractivity contribution in [1.29, 1.82) is 0 Å². The van der Waals surface area contributed by atoms with Crippen LogP contribution in [0.25, 0.3) is 0 Å². The third kappa shape index (κ3) is 12.7. The average molecular weight is 481 g/mol. The lowest BCUT2D eigenvalue weighted by Crippen LogP contribution is -2.16. The van der Waals surface area contributed by atoms with E-state index in [2.05, 4.69) is 20.8 Å². The number of hydrogen-bond acceptors (Lipinski definition) is 6. The minimum atomic E-state index is -0.650. The summed E-state index contributed by atoms with van der Waals surface area (Å²) in [5.74, 6) is 0.266. The van der Waals surface area contributed by atoms with Gasteiger partial charge in [0.25, 0.3) is 0 Å². The molecule has 0 fully saturated rings. The number of carbonyl (C=O) groups is 2. The fraction of sp³-hybridized carbons (Fsp3) is 0.786. The monoisotopic (exact) mass is 480 g/mol. The van der Waals surface area contributed by atoms with E-state index in [0.29, 0.717) is 37.5 Å². The molecule has 0 aromatic carbocycles. The molecule has 1 aliphatic rings. The highest BCUT2D eigenvalue weighted by Gasteiger charge is 2.33. The smallest absolute Gasteiger partial charge is 0.307 e. The van der Waals surface area contributed by atoms with Crippen molar-refractivity contribution >= 4 is 11.9 Å². The van der Waals surface area contributed by atoms with Gasteiger partial charge in [-0.05, 0) is 43.6 Å². The predicted molar refractivity (Wildman–Crippen MR) is 135 cm³/mol. The topological polar surface area (TPSA) is 93.1 Å². The van der Waals surface area contributed by atoms with Gasteiger partial charge in [-0.1, -0.05) is 71.4 Å². The summed E-state index contributed by atoms with van der Waals surface area (Å²) < 4.78 is 10.6. The van der Waals surface area contributed by atoms with Gasteiger partial charge in [0.1, 0.15) is 5.76 Å².